The molecule has 0 aliphatic carbocycles. The van der Waals surface area contributed by atoms with Crippen LogP contribution in [0.5, 0.6) is 5.75 Å². The maximum atomic E-state index is 13.5. The van der Waals surface area contributed by atoms with Crippen molar-refractivity contribution in [3.8, 4) is 17.0 Å². The normalized spacial score (nSPS) is 11.4. The quantitative estimate of drug-likeness (QED) is 0.224. The summed E-state index contributed by atoms with van der Waals surface area (Å²) < 4.78 is 33.7. The third-order valence-electron chi connectivity index (χ3n) is 6.81. The predicted molar refractivity (Wildman–Crippen MR) is 158 cm³/mol. The fourth-order valence-corrected chi connectivity index (χ4v) is 4.19. The minimum absolute atomic E-state index is 0.104. The number of anilines is 4. The molecule has 0 spiro atoms. The number of alkyl halides is 2. The van der Waals surface area contributed by atoms with Gasteiger partial charge in [0.25, 0.3) is 0 Å². The molecule has 0 unspecified atom stereocenters. The van der Waals surface area contributed by atoms with Gasteiger partial charge in [0.2, 0.25) is 5.91 Å². The summed E-state index contributed by atoms with van der Waals surface area (Å²) >= 11 is 0. The van der Waals surface area contributed by atoms with Crippen molar-refractivity contribution in [2.45, 2.75) is 26.5 Å². The number of nitrogens with one attached hydrogen (secondary N) is 2. The van der Waals surface area contributed by atoms with E-state index in [4.69, 9.17) is 4.74 Å². The lowest BCUT2D eigenvalue weighted by atomic mass is 10.1. The molecule has 4 rings (SSSR count). The smallest absolute Gasteiger partial charge is 0.387 e. The van der Waals surface area contributed by atoms with Gasteiger partial charge in [0.05, 0.1) is 34.5 Å². The van der Waals surface area contributed by atoms with Gasteiger partial charge in [-0.3, -0.25) is 9.48 Å². The fourth-order valence-electron chi connectivity index (χ4n) is 4.19. The van der Waals surface area contributed by atoms with E-state index in [0.29, 0.717) is 42.0 Å². The molecule has 216 valence electrons. The SMILES string of the molecule is C=CC(=O)Nc1cc(Nc2cc(-c3ccc4c(cnn4C)c3)ncn2)c(OC(F)F)cc1N(C)CCN(C)C(C)C. The standard InChI is InChI=1S/C29H34F2N8O2/c1-7-28(40)36-22-13-23(26(41-29(30)31)15-25(22)38(5)11-10-37(4)18(2)3)35-27-14-21(32-17-33-27)19-8-9-24-20(12-19)16-34-39(24)6/h7-9,12-18,29H,1,10-11H2,2-6H3,(H,36,40)(H,32,33,35). The molecule has 2 heterocycles. The van der Waals surface area contributed by atoms with E-state index in [-0.39, 0.29) is 11.4 Å². The molecule has 0 atom stereocenters. The van der Waals surface area contributed by atoms with Crippen molar-refractivity contribution in [2.75, 3.05) is 42.7 Å². The maximum absolute atomic E-state index is 13.5. The Morgan fingerprint density at radius 2 is 1.90 bits per heavy atom. The number of halogens is 2. The zero-order chi connectivity index (χ0) is 29.7. The van der Waals surface area contributed by atoms with Gasteiger partial charge in [-0.05, 0) is 45.2 Å². The van der Waals surface area contributed by atoms with Crippen LogP contribution in [0.4, 0.5) is 31.7 Å². The van der Waals surface area contributed by atoms with E-state index >= 15 is 0 Å². The lowest BCUT2D eigenvalue weighted by Crippen LogP contribution is -2.35. The summed E-state index contributed by atoms with van der Waals surface area (Å²) in [6, 6.07) is 10.9. The van der Waals surface area contributed by atoms with Gasteiger partial charge in [0, 0.05) is 56.3 Å². The Kier molecular flexibility index (Phi) is 9.13. The number of aromatic nitrogens is 4. The molecular formula is C29H34F2N8O2. The average Bonchev–Trinajstić information content (AvgIpc) is 3.32. The third-order valence-corrected chi connectivity index (χ3v) is 6.81. The Morgan fingerprint density at radius 3 is 2.61 bits per heavy atom. The first-order valence-electron chi connectivity index (χ1n) is 13.0. The van der Waals surface area contributed by atoms with Crippen LogP contribution in [-0.2, 0) is 11.8 Å². The summed E-state index contributed by atoms with van der Waals surface area (Å²) in [5, 5.41) is 11.1. The lowest BCUT2D eigenvalue weighted by Gasteiger charge is -2.28. The van der Waals surface area contributed by atoms with Crippen molar-refractivity contribution >= 4 is 39.7 Å². The first kappa shape index (κ1) is 29.4. The molecular weight excluding hydrogens is 530 g/mol. The van der Waals surface area contributed by atoms with Crippen LogP contribution in [0.2, 0.25) is 0 Å². The summed E-state index contributed by atoms with van der Waals surface area (Å²) in [5.74, 6) is -0.198. The van der Waals surface area contributed by atoms with E-state index in [1.807, 2.05) is 44.2 Å². The maximum Gasteiger partial charge on any atom is 0.387 e. The highest BCUT2D eigenvalue weighted by atomic mass is 19.3. The van der Waals surface area contributed by atoms with Crippen molar-refractivity contribution in [1.29, 1.82) is 0 Å². The number of amides is 1. The average molecular weight is 565 g/mol. The van der Waals surface area contributed by atoms with Crippen molar-refractivity contribution in [3.63, 3.8) is 0 Å². The summed E-state index contributed by atoms with van der Waals surface area (Å²) in [6.45, 7) is 5.91. The van der Waals surface area contributed by atoms with E-state index in [1.165, 1.54) is 12.4 Å². The number of benzene rings is 2. The highest BCUT2D eigenvalue weighted by Gasteiger charge is 2.19. The monoisotopic (exact) mass is 564 g/mol. The largest absolute Gasteiger partial charge is 0.433 e. The van der Waals surface area contributed by atoms with Crippen molar-refractivity contribution in [3.05, 3.63) is 61.6 Å². The van der Waals surface area contributed by atoms with Crippen molar-refractivity contribution in [2.24, 2.45) is 7.05 Å². The predicted octanol–water partition coefficient (Wildman–Crippen LogP) is 5.28. The number of carbonyl (C=O) groups is 1. The second kappa shape index (κ2) is 12.7. The van der Waals surface area contributed by atoms with Crippen LogP contribution in [-0.4, -0.2) is 70.4 Å². The highest BCUT2D eigenvalue weighted by Crippen LogP contribution is 2.39. The second-order valence-electron chi connectivity index (χ2n) is 9.89. The van der Waals surface area contributed by atoms with Crippen LogP contribution in [0.25, 0.3) is 22.2 Å². The summed E-state index contributed by atoms with van der Waals surface area (Å²) in [7, 11) is 5.69. The Labute approximate surface area is 237 Å². The van der Waals surface area contributed by atoms with Gasteiger partial charge >= 0.3 is 6.61 Å². The fraction of sp³-hybridized carbons (Fsp3) is 0.310. The van der Waals surface area contributed by atoms with Gasteiger partial charge in [0.1, 0.15) is 12.1 Å². The molecule has 4 aromatic rings. The molecule has 1 amide bonds. The number of fused-ring (bicyclic) bond motifs is 1. The van der Waals surface area contributed by atoms with E-state index in [0.717, 1.165) is 22.5 Å². The van der Waals surface area contributed by atoms with Crippen molar-refractivity contribution < 1.29 is 18.3 Å². The Morgan fingerprint density at radius 1 is 1.12 bits per heavy atom. The van der Waals surface area contributed by atoms with Gasteiger partial charge < -0.3 is 25.2 Å². The number of hydrogen-bond acceptors (Lipinski definition) is 8. The third kappa shape index (κ3) is 7.14. The number of hydrogen-bond donors (Lipinski definition) is 2. The van der Waals surface area contributed by atoms with Gasteiger partial charge in [-0.25, -0.2) is 9.97 Å². The number of nitrogens with zero attached hydrogens (tertiary/aromatic N) is 6. The highest BCUT2D eigenvalue weighted by molar-refractivity contribution is 6.02. The van der Waals surface area contributed by atoms with Crippen LogP contribution in [0.1, 0.15) is 13.8 Å². The number of rotatable bonds is 12. The Balaban J connectivity index is 1.70. The molecule has 0 saturated heterocycles. The van der Waals surface area contributed by atoms with Gasteiger partial charge in [-0.2, -0.15) is 13.9 Å². The molecule has 0 radical (unpaired) electrons. The zero-order valence-corrected chi connectivity index (χ0v) is 23.7. The van der Waals surface area contributed by atoms with E-state index in [9.17, 15) is 13.6 Å². The summed E-state index contributed by atoms with van der Waals surface area (Å²) in [4.78, 5) is 25.0. The van der Waals surface area contributed by atoms with Gasteiger partial charge in [0.15, 0.2) is 5.75 Å². The Hall–Kier alpha value is -4.58. The number of ether oxygens (including phenoxy) is 1. The molecule has 0 fully saturated rings. The molecule has 0 bridgehead atoms. The molecule has 41 heavy (non-hydrogen) atoms. The molecule has 2 aromatic heterocycles. The van der Waals surface area contributed by atoms with E-state index < -0.39 is 12.5 Å². The molecule has 0 aliphatic rings. The molecule has 2 aromatic carbocycles. The van der Waals surface area contributed by atoms with E-state index in [1.54, 1.807) is 23.0 Å². The van der Waals surface area contributed by atoms with Crippen LogP contribution in [0.3, 0.4) is 0 Å². The lowest BCUT2D eigenvalue weighted by molar-refractivity contribution is -0.111. The summed E-state index contributed by atoms with van der Waals surface area (Å²) in [5.41, 5.74) is 3.52. The second-order valence-corrected chi connectivity index (χ2v) is 9.89. The number of carbonyl (C=O) groups excluding carboxylic acids is 1. The topological polar surface area (TPSA) is 100 Å². The van der Waals surface area contributed by atoms with Crippen LogP contribution in [0.15, 0.2) is 61.6 Å². The molecule has 10 nitrogen and oxygen atoms in total. The number of aryl methyl sites for hydroxylation is 1. The first-order valence-corrected chi connectivity index (χ1v) is 13.0. The van der Waals surface area contributed by atoms with Gasteiger partial charge in [-0.15, -0.1) is 0 Å². The molecule has 0 saturated carbocycles. The molecule has 2 N–H and O–H groups in total. The van der Waals surface area contributed by atoms with Crippen molar-refractivity contribution in [1.82, 2.24) is 24.6 Å². The van der Waals surface area contributed by atoms with Gasteiger partial charge in [-0.1, -0.05) is 12.6 Å². The molecule has 0 aliphatic heterocycles. The molecule has 12 heteroatoms. The summed E-state index contributed by atoms with van der Waals surface area (Å²) in [6.07, 6.45) is 4.29. The van der Waals surface area contributed by atoms with Crippen LogP contribution < -0.4 is 20.3 Å². The number of likely N-dealkylation sites (N-methyl/N-ethyl adjacent to an activating group) is 2. The van der Waals surface area contributed by atoms with E-state index in [2.05, 4.69) is 51.0 Å². The first-order chi connectivity index (χ1) is 19.5. The minimum atomic E-state index is -3.07. The van der Waals surface area contributed by atoms with Crippen LogP contribution in [0, 0.1) is 0 Å². The van der Waals surface area contributed by atoms with Crippen LogP contribution >= 0.6 is 0 Å². The minimum Gasteiger partial charge on any atom is -0.433 e. The Bertz CT molecular complexity index is 1540. The zero-order valence-electron chi connectivity index (χ0n) is 23.7.